The van der Waals surface area contributed by atoms with Crippen molar-refractivity contribution < 1.29 is 24.2 Å². The number of carbonyl (C=O) groups is 2. The number of carboxylic acids is 1. The highest BCUT2D eigenvalue weighted by atomic mass is 16.5. The van der Waals surface area contributed by atoms with Crippen LogP contribution in [0.2, 0.25) is 0 Å². The van der Waals surface area contributed by atoms with Crippen LogP contribution >= 0.6 is 0 Å². The SMILES string of the molecule is CC1CC(NC(=O)OCC2c3ccccc3-c3ccccc32)(C(=O)O)CCO1. The highest BCUT2D eigenvalue weighted by molar-refractivity contribution is 5.85. The standard InChI is InChI=1S/C22H23NO5/c1-14-12-22(20(24)25,10-11-27-14)23-21(26)28-13-19-17-8-4-2-6-15(17)16-7-3-5-9-18(16)19/h2-9,14,19H,10-13H2,1H3,(H,23,26)(H,24,25). The molecule has 0 radical (unpaired) electrons. The van der Waals surface area contributed by atoms with E-state index in [1.165, 1.54) is 0 Å². The van der Waals surface area contributed by atoms with E-state index in [2.05, 4.69) is 17.4 Å². The summed E-state index contributed by atoms with van der Waals surface area (Å²) < 4.78 is 10.9. The summed E-state index contributed by atoms with van der Waals surface area (Å²) in [6.45, 7) is 2.25. The third-order valence-corrected chi connectivity index (χ3v) is 5.66. The molecule has 6 heteroatoms. The van der Waals surface area contributed by atoms with Gasteiger partial charge >= 0.3 is 12.1 Å². The van der Waals surface area contributed by atoms with Gasteiger partial charge in [-0.25, -0.2) is 9.59 Å². The minimum atomic E-state index is -1.35. The summed E-state index contributed by atoms with van der Waals surface area (Å²) in [7, 11) is 0. The topological polar surface area (TPSA) is 84.9 Å². The first-order valence-electron chi connectivity index (χ1n) is 9.48. The summed E-state index contributed by atoms with van der Waals surface area (Å²) in [5, 5.41) is 12.3. The molecule has 1 saturated heterocycles. The van der Waals surface area contributed by atoms with Crippen molar-refractivity contribution in [3.63, 3.8) is 0 Å². The second-order valence-corrected chi connectivity index (χ2v) is 7.47. The summed E-state index contributed by atoms with van der Waals surface area (Å²) in [5.41, 5.74) is 3.17. The summed E-state index contributed by atoms with van der Waals surface area (Å²) in [5.74, 6) is -1.12. The molecule has 2 unspecified atom stereocenters. The Morgan fingerprint density at radius 1 is 1.14 bits per heavy atom. The minimum absolute atomic E-state index is 0.0625. The second kappa shape index (κ2) is 7.28. The van der Waals surface area contributed by atoms with Gasteiger partial charge in [-0.2, -0.15) is 0 Å². The largest absolute Gasteiger partial charge is 0.480 e. The van der Waals surface area contributed by atoms with E-state index >= 15 is 0 Å². The van der Waals surface area contributed by atoms with Gasteiger partial charge in [0.05, 0.1) is 6.10 Å². The lowest BCUT2D eigenvalue weighted by Crippen LogP contribution is -2.59. The van der Waals surface area contributed by atoms with E-state index in [0.717, 1.165) is 22.3 Å². The number of aliphatic carboxylic acids is 1. The van der Waals surface area contributed by atoms with Gasteiger partial charge in [0.25, 0.3) is 0 Å². The maximum atomic E-state index is 12.5. The number of carbonyl (C=O) groups excluding carboxylic acids is 1. The first-order chi connectivity index (χ1) is 13.5. The Bertz CT molecular complexity index is 866. The summed E-state index contributed by atoms with van der Waals surface area (Å²) in [6.07, 6.45) is -0.513. The zero-order valence-corrected chi connectivity index (χ0v) is 15.7. The van der Waals surface area contributed by atoms with E-state index < -0.39 is 17.6 Å². The number of nitrogens with one attached hydrogen (secondary N) is 1. The summed E-state index contributed by atoms with van der Waals surface area (Å²) in [4.78, 5) is 24.3. The maximum Gasteiger partial charge on any atom is 0.408 e. The Hall–Kier alpha value is -2.86. The van der Waals surface area contributed by atoms with Crippen LogP contribution in [0.15, 0.2) is 48.5 Å². The van der Waals surface area contributed by atoms with Gasteiger partial charge in [0, 0.05) is 25.4 Å². The first-order valence-corrected chi connectivity index (χ1v) is 9.48. The highest BCUT2D eigenvalue weighted by Crippen LogP contribution is 2.44. The lowest BCUT2D eigenvalue weighted by atomic mass is 9.87. The van der Waals surface area contributed by atoms with Crippen LogP contribution in [0.3, 0.4) is 0 Å². The van der Waals surface area contributed by atoms with Gasteiger partial charge in [0.15, 0.2) is 0 Å². The van der Waals surface area contributed by atoms with Crippen LogP contribution in [0, 0.1) is 0 Å². The van der Waals surface area contributed by atoms with Crippen LogP contribution in [0.1, 0.15) is 36.8 Å². The van der Waals surface area contributed by atoms with Crippen molar-refractivity contribution in [2.45, 2.75) is 37.3 Å². The molecule has 2 atom stereocenters. The van der Waals surface area contributed by atoms with Gasteiger partial charge in [-0.15, -0.1) is 0 Å². The number of hydrogen-bond acceptors (Lipinski definition) is 4. The Morgan fingerprint density at radius 3 is 2.32 bits per heavy atom. The molecular formula is C22H23NO5. The molecule has 146 valence electrons. The van der Waals surface area contributed by atoms with E-state index in [0.29, 0.717) is 0 Å². The van der Waals surface area contributed by atoms with Crippen LogP contribution in [-0.2, 0) is 14.3 Å². The van der Waals surface area contributed by atoms with Crippen molar-refractivity contribution in [3.05, 3.63) is 59.7 Å². The van der Waals surface area contributed by atoms with Crippen LogP contribution in [0.4, 0.5) is 4.79 Å². The van der Waals surface area contributed by atoms with Gasteiger partial charge in [0.2, 0.25) is 0 Å². The van der Waals surface area contributed by atoms with Crippen molar-refractivity contribution in [3.8, 4) is 11.1 Å². The van der Waals surface area contributed by atoms with E-state index in [4.69, 9.17) is 9.47 Å². The molecule has 2 aliphatic rings. The molecule has 6 nitrogen and oxygen atoms in total. The molecule has 0 aromatic heterocycles. The van der Waals surface area contributed by atoms with Crippen molar-refractivity contribution in [2.75, 3.05) is 13.2 Å². The average molecular weight is 381 g/mol. The van der Waals surface area contributed by atoms with Crippen molar-refractivity contribution in [1.29, 1.82) is 0 Å². The molecule has 1 aliphatic carbocycles. The molecule has 0 saturated carbocycles. The number of alkyl carbamates (subject to hydrolysis) is 1. The Balaban J connectivity index is 1.49. The van der Waals surface area contributed by atoms with E-state index in [1.54, 1.807) is 6.92 Å². The van der Waals surface area contributed by atoms with Gasteiger partial charge < -0.3 is 19.9 Å². The highest BCUT2D eigenvalue weighted by Gasteiger charge is 2.44. The molecule has 4 rings (SSSR count). The number of fused-ring (bicyclic) bond motifs is 3. The molecule has 2 aromatic rings. The van der Waals surface area contributed by atoms with Gasteiger partial charge in [-0.1, -0.05) is 48.5 Å². The molecule has 0 spiro atoms. The monoisotopic (exact) mass is 381 g/mol. The average Bonchev–Trinajstić information content (AvgIpc) is 3.00. The third-order valence-electron chi connectivity index (χ3n) is 5.66. The summed E-state index contributed by atoms with van der Waals surface area (Å²) in [6, 6.07) is 16.2. The fraction of sp³-hybridized carbons (Fsp3) is 0.364. The van der Waals surface area contributed by atoms with Crippen LogP contribution < -0.4 is 5.32 Å². The first kappa shape index (κ1) is 18.5. The molecule has 0 bridgehead atoms. The fourth-order valence-corrected chi connectivity index (χ4v) is 4.28. The van der Waals surface area contributed by atoms with Crippen LogP contribution in [0.5, 0.6) is 0 Å². The molecule has 2 N–H and O–H groups in total. The Morgan fingerprint density at radius 2 is 1.75 bits per heavy atom. The van der Waals surface area contributed by atoms with Gasteiger partial charge in [-0.3, -0.25) is 0 Å². The van der Waals surface area contributed by atoms with Crippen molar-refractivity contribution >= 4 is 12.1 Å². The zero-order chi connectivity index (χ0) is 19.7. The van der Waals surface area contributed by atoms with E-state index in [9.17, 15) is 14.7 Å². The number of benzene rings is 2. The predicted molar refractivity (Wildman–Crippen MR) is 103 cm³/mol. The normalized spacial score (nSPS) is 23.5. The molecular weight excluding hydrogens is 358 g/mol. The van der Waals surface area contributed by atoms with Gasteiger partial charge in [-0.05, 0) is 29.2 Å². The van der Waals surface area contributed by atoms with E-state index in [1.807, 2.05) is 36.4 Å². The second-order valence-electron chi connectivity index (χ2n) is 7.47. The number of rotatable bonds is 4. The molecule has 2 aromatic carbocycles. The lowest BCUT2D eigenvalue weighted by Gasteiger charge is -2.36. The number of carboxylic acid groups (broad SMARTS) is 1. The van der Waals surface area contributed by atoms with E-state index in [-0.39, 0.29) is 38.1 Å². The van der Waals surface area contributed by atoms with Crippen molar-refractivity contribution in [1.82, 2.24) is 5.32 Å². The summed E-state index contributed by atoms with van der Waals surface area (Å²) >= 11 is 0. The smallest absolute Gasteiger partial charge is 0.408 e. The van der Waals surface area contributed by atoms with Crippen molar-refractivity contribution in [2.24, 2.45) is 0 Å². The maximum absolute atomic E-state index is 12.5. The van der Waals surface area contributed by atoms with Crippen LogP contribution in [0.25, 0.3) is 11.1 Å². The quantitative estimate of drug-likeness (QED) is 0.846. The number of amides is 1. The number of hydrogen-bond donors (Lipinski definition) is 2. The Labute approximate surface area is 163 Å². The molecule has 1 heterocycles. The zero-order valence-electron chi connectivity index (χ0n) is 15.7. The third kappa shape index (κ3) is 3.24. The minimum Gasteiger partial charge on any atom is -0.480 e. The molecule has 28 heavy (non-hydrogen) atoms. The lowest BCUT2D eigenvalue weighted by molar-refractivity contribution is -0.151. The van der Waals surface area contributed by atoms with Crippen LogP contribution in [-0.4, -0.2) is 42.0 Å². The Kier molecular flexibility index (Phi) is 4.81. The predicted octanol–water partition coefficient (Wildman–Crippen LogP) is 3.55. The molecule has 1 fully saturated rings. The van der Waals surface area contributed by atoms with Gasteiger partial charge in [0.1, 0.15) is 12.1 Å². The molecule has 1 aliphatic heterocycles. The fourth-order valence-electron chi connectivity index (χ4n) is 4.28. The number of ether oxygens (including phenoxy) is 2. The molecule has 1 amide bonds.